The Hall–Kier alpha value is -1.60. The smallest absolute Gasteiger partial charge is 0.225 e. The van der Waals surface area contributed by atoms with Crippen LogP contribution in [0.5, 0.6) is 5.88 Å². The van der Waals surface area contributed by atoms with E-state index in [0.29, 0.717) is 5.88 Å². The summed E-state index contributed by atoms with van der Waals surface area (Å²) in [5, 5.41) is 0. The van der Waals surface area contributed by atoms with Gasteiger partial charge in [-0.3, -0.25) is 4.90 Å². The molecule has 2 rings (SSSR count). The summed E-state index contributed by atoms with van der Waals surface area (Å²) in [7, 11) is 3.57. The van der Waals surface area contributed by atoms with Crippen molar-refractivity contribution in [3.8, 4) is 5.88 Å². The van der Waals surface area contributed by atoms with Gasteiger partial charge in [-0.2, -0.15) is 9.97 Å². The molecule has 20 heavy (non-hydrogen) atoms. The first kappa shape index (κ1) is 14.8. The number of hydrogen-bond acceptors (Lipinski definition) is 7. The lowest BCUT2D eigenvalue weighted by molar-refractivity contribution is 0.0377. The van der Waals surface area contributed by atoms with Crippen LogP contribution in [0.1, 0.15) is 6.42 Å². The SMILES string of the molecule is COc1cc(N(C)CCCN2CCOCC2)nc(N)n1. The molecular weight excluding hydrogens is 258 g/mol. The second kappa shape index (κ2) is 7.25. The Bertz CT molecular complexity index is 423. The van der Waals surface area contributed by atoms with Gasteiger partial charge >= 0.3 is 0 Å². The average Bonchev–Trinajstić information content (AvgIpc) is 2.47. The second-order valence-electron chi connectivity index (χ2n) is 4.86. The third kappa shape index (κ3) is 4.21. The van der Waals surface area contributed by atoms with Gasteiger partial charge < -0.3 is 20.1 Å². The fourth-order valence-electron chi connectivity index (χ4n) is 2.20. The van der Waals surface area contributed by atoms with Crippen LogP contribution in [0.4, 0.5) is 11.8 Å². The standard InChI is InChI=1S/C13H23N5O2/c1-17(4-3-5-18-6-8-20-9-7-18)11-10-12(19-2)16-13(14)15-11/h10H,3-9H2,1-2H3,(H2,14,15,16). The topological polar surface area (TPSA) is 76.7 Å². The normalized spacial score (nSPS) is 16.1. The lowest BCUT2D eigenvalue weighted by Crippen LogP contribution is -2.38. The Morgan fingerprint density at radius 2 is 2.15 bits per heavy atom. The van der Waals surface area contributed by atoms with Crippen molar-refractivity contribution in [2.75, 3.05) is 64.2 Å². The minimum atomic E-state index is 0.236. The van der Waals surface area contributed by atoms with Crippen molar-refractivity contribution in [1.82, 2.24) is 14.9 Å². The molecule has 0 bridgehead atoms. The summed E-state index contributed by atoms with van der Waals surface area (Å²) in [6.45, 7) is 5.73. The van der Waals surface area contributed by atoms with E-state index >= 15 is 0 Å². The van der Waals surface area contributed by atoms with E-state index in [-0.39, 0.29) is 5.95 Å². The number of methoxy groups -OCH3 is 1. The van der Waals surface area contributed by atoms with Gasteiger partial charge in [-0.25, -0.2) is 0 Å². The summed E-state index contributed by atoms with van der Waals surface area (Å²) in [5.74, 6) is 1.52. The van der Waals surface area contributed by atoms with Crippen molar-refractivity contribution in [3.63, 3.8) is 0 Å². The highest BCUT2D eigenvalue weighted by Crippen LogP contribution is 2.17. The molecule has 0 aromatic carbocycles. The number of nitrogen functional groups attached to an aromatic ring is 1. The molecule has 2 N–H and O–H groups in total. The van der Waals surface area contributed by atoms with Crippen LogP contribution in [0, 0.1) is 0 Å². The maximum absolute atomic E-state index is 5.67. The molecule has 1 aromatic heterocycles. The van der Waals surface area contributed by atoms with E-state index in [9.17, 15) is 0 Å². The fraction of sp³-hybridized carbons (Fsp3) is 0.692. The van der Waals surface area contributed by atoms with Crippen molar-refractivity contribution in [2.45, 2.75) is 6.42 Å². The lowest BCUT2D eigenvalue weighted by atomic mass is 10.3. The largest absolute Gasteiger partial charge is 0.481 e. The Kier molecular flexibility index (Phi) is 5.37. The predicted molar refractivity (Wildman–Crippen MR) is 78.1 cm³/mol. The molecule has 0 spiro atoms. The van der Waals surface area contributed by atoms with Gasteiger partial charge in [0.25, 0.3) is 0 Å². The van der Waals surface area contributed by atoms with Gasteiger partial charge in [-0.1, -0.05) is 0 Å². The molecule has 1 aliphatic rings. The molecule has 112 valence electrons. The van der Waals surface area contributed by atoms with E-state index in [1.807, 2.05) is 7.05 Å². The van der Waals surface area contributed by atoms with Crippen LogP contribution >= 0.6 is 0 Å². The molecule has 0 amide bonds. The number of aromatic nitrogens is 2. The molecule has 7 nitrogen and oxygen atoms in total. The molecule has 0 saturated carbocycles. The summed E-state index contributed by atoms with van der Waals surface area (Å²) in [4.78, 5) is 12.7. The molecule has 7 heteroatoms. The second-order valence-corrected chi connectivity index (χ2v) is 4.86. The molecule has 1 aromatic rings. The number of anilines is 2. The van der Waals surface area contributed by atoms with Gasteiger partial charge in [0.15, 0.2) is 0 Å². The van der Waals surface area contributed by atoms with E-state index in [4.69, 9.17) is 15.2 Å². The minimum absolute atomic E-state index is 0.236. The highest BCUT2D eigenvalue weighted by atomic mass is 16.5. The molecular formula is C13H23N5O2. The first-order chi connectivity index (χ1) is 9.69. The number of nitrogens with two attached hydrogens (primary N) is 1. The number of nitrogens with zero attached hydrogens (tertiary/aromatic N) is 4. The van der Waals surface area contributed by atoms with Crippen LogP contribution in [-0.4, -0.2) is 68.4 Å². The zero-order valence-electron chi connectivity index (χ0n) is 12.2. The van der Waals surface area contributed by atoms with E-state index in [0.717, 1.165) is 51.6 Å². The third-order valence-corrected chi connectivity index (χ3v) is 3.38. The van der Waals surface area contributed by atoms with E-state index in [1.165, 1.54) is 0 Å². The number of hydrogen-bond donors (Lipinski definition) is 1. The first-order valence-corrected chi connectivity index (χ1v) is 6.89. The average molecular weight is 281 g/mol. The Balaban J connectivity index is 1.81. The quantitative estimate of drug-likeness (QED) is 0.799. The lowest BCUT2D eigenvalue weighted by Gasteiger charge is -2.27. The number of morpholine rings is 1. The molecule has 0 aliphatic carbocycles. The molecule has 2 heterocycles. The van der Waals surface area contributed by atoms with E-state index in [2.05, 4.69) is 19.8 Å². The van der Waals surface area contributed by atoms with Crippen molar-refractivity contribution in [1.29, 1.82) is 0 Å². The van der Waals surface area contributed by atoms with Gasteiger partial charge in [0, 0.05) is 39.3 Å². The molecule has 0 atom stereocenters. The fourth-order valence-corrected chi connectivity index (χ4v) is 2.20. The van der Waals surface area contributed by atoms with E-state index < -0.39 is 0 Å². The van der Waals surface area contributed by atoms with Crippen LogP contribution in [-0.2, 0) is 4.74 Å². The highest BCUT2D eigenvalue weighted by Gasteiger charge is 2.11. The molecule has 1 aliphatic heterocycles. The predicted octanol–water partition coefficient (Wildman–Crippen LogP) is 0.226. The van der Waals surface area contributed by atoms with Gasteiger partial charge in [0.1, 0.15) is 5.82 Å². The maximum atomic E-state index is 5.67. The summed E-state index contributed by atoms with van der Waals surface area (Å²) < 4.78 is 10.4. The zero-order chi connectivity index (χ0) is 14.4. The first-order valence-electron chi connectivity index (χ1n) is 6.89. The molecule has 0 radical (unpaired) electrons. The highest BCUT2D eigenvalue weighted by molar-refractivity contribution is 5.44. The van der Waals surface area contributed by atoms with Crippen molar-refractivity contribution in [2.24, 2.45) is 0 Å². The van der Waals surface area contributed by atoms with Crippen molar-refractivity contribution >= 4 is 11.8 Å². The summed E-state index contributed by atoms with van der Waals surface area (Å²) in [6, 6.07) is 1.80. The van der Waals surface area contributed by atoms with Crippen molar-refractivity contribution in [3.05, 3.63) is 6.07 Å². The van der Waals surface area contributed by atoms with Crippen LogP contribution in [0.25, 0.3) is 0 Å². The van der Waals surface area contributed by atoms with Crippen LogP contribution in [0.3, 0.4) is 0 Å². The molecule has 0 unspecified atom stereocenters. The number of rotatable bonds is 6. The Morgan fingerprint density at radius 3 is 2.85 bits per heavy atom. The monoisotopic (exact) mass is 281 g/mol. The molecule has 1 fully saturated rings. The van der Waals surface area contributed by atoms with Crippen LogP contribution in [0.15, 0.2) is 6.07 Å². The Morgan fingerprint density at radius 1 is 1.40 bits per heavy atom. The van der Waals surface area contributed by atoms with Crippen LogP contribution < -0.4 is 15.4 Å². The molecule has 1 saturated heterocycles. The van der Waals surface area contributed by atoms with Gasteiger partial charge in [-0.15, -0.1) is 0 Å². The summed E-state index contributed by atoms with van der Waals surface area (Å²) in [5.41, 5.74) is 5.67. The number of ether oxygens (including phenoxy) is 2. The zero-order valence-corrected chi connectivity index (χ0v) is 12.2. The summed E-state index contributed by atoms with van der Waals surface area (Å²) >= 11 is 0. The van der Waals surface area contributed by atoms with Crippen LogP contribution in [0.2, 0.25) is 0 Å². The summed E-state index contributed by atoms with van der Waals surface area (Å²) in [6.07, 6.45) is 1.07. The van der Waals surface area contributed by atoms with Gasteiger partial charge in [0.05, 0.1) is 20.3 Å². The van der Waals surface area contributed by atoms with Crippen molar-refractivity contribution < 1.29 is 9.47 Å². The third-order valence-electron chi connectivity index (χ3n) is 3.38. The Labute approximate surface area is 119 Å². The maximum Gasteiger partial charge on any atom is 0.225 e. The minimum Gasteiger partial charge on any atom is -0.481 e. The van der Waals surface area contributed by atoms with Gasteiger partial charge in [-0.05, 0) is 6.42 Å². The van der Waals surface area contributed by atoms with E-state index in [1.54, 1.807) is 13.2 Å². The van der Waals surface area contributed by atoms with Gasteiger partial charge in [0.2, 0.25) is 11.8 Å².